The van der Waals surface area contributed by atoms with E-state index in [1.54, 1.807) is 24.8 Å². The van der Waals surface area contributed by atoms with Crippen molar-refractivity contribution in [2.24, 2.45) is 0 Å². The lowest BCUT2D eigenvalue weighted by Crippen LogP contribution is -2.30. The first kappa shape index (κ1) is 14.1. The molecule has 7 heteroatoms. The van der Waals surface area contributed by atoms with Gasteiger partial charge in [0, 0.05) is 31.3 Å². The van der Waals surface area contributed by atoms with Gasteiger partial charge in [-0.2, -0.15) is 0 Å². The number of aromatic amines is 1. The summed E-state index contributed by atoms with van der Waals surface area (Å²) < 4.78 is 0. The van der Waals surface area contributed by atoms with E-state index in [0.29, 0.717) is 11.5 Å². The van der Waals surface area contributed by atoms with Crippen LogP contribution in [0.15, 0.2) is 42.3 Å². The fraction of sp³-hybridized carbons (Fsp3) is 0.250. The molecule has 3 aromatic heterocycles. The van der Waals surface area contributed by atoms with Crippen molar-refractivity contribution in [1.29, 1.82) is 0 Å². The molecule has 1 aliphatic rings. The molecule has 3 aromatic rings. The molecule has 1 N–H and O–H groups in total. The number of carbonyl (C=O) groups is 1. The van der Waals surface area contributed by atoms with Gasteiger partial charge in [0.2, 0.25) is 0 Å². The Balaban J connectivity index is 1.71. The van der Waals surface area contributed by atoms with Gasteiger partial charge in [0.25, 0.3) is 5.91 Å². The molecule has 0 radical (unpaired) electrons. The van der Waals surface area contributed by atoms with Gasteiger partial charge in [-0.1, -0.05) is 6.07 Å². The number of aromatic nitrogens is 4. The number of nitrogens with one attached hydrogen (secondary N) is 1. The zero-order chi connectivity index (χ0) is 15.6. The van der Waals surface area contributed by atoms with Crippen LogP contribution in [0.3, 0.4) is 0 Å². The second kappa shape index (κ2) is 5.92. The van der Waals surface area contributed by atoms with E-state index in [1.807, 2.05) is 22.4 Å². The van der Waals surface area contributed by atoms with Gasteiger partial charge in [-0.3, -0.25) is 9.78 Å². The second-order valence-electron chi connectivity index (χ2n) is 5.36. The van der Waals surface area contributed by atoms with Crippen LogP contribution in [-0.2, 0) is 0 Å². The minimum atomic E-state index is -0.0570. The van der Waals surface area contributed by atoms with E-state index in [2.05, 4.69) is 19.9 Å². The fourth-order valence-corrected chi connectivity index (χ4v) is 3.68. The fourth-order valence-electron chi connectivity index (χ4n) is 3.01. The summed E-state index contributed by atoms with van der Waals surface area (Å²) >= 11 is 1.47. The van der Waals surface area contributed by atoms with Crippen LogP contribution in [0.25, 0.3) is 11.5 Å². The Bertz CT molecular complexity index is 800. The molecule has 4 rings (SSSR count). The molecular formula is C16H15N5OS. The summed E-state index contributed by atoms with van der Waals surface area (Å²) in [4.78, 5) is 31.7. The minimum absolute atomic E-state index is 0.0570. The molecule has 116 valence electrons. The Morgan fingerprint density at radius 2 is 2.17 bits per heavy atom. The third-order valence-corrected chi connectivity index (χ3v) is 4.87. The third-order valence-electron chi connectivity index (χ3n) is 4.01. The molecule has 1 atom stereocenters. The molecule has 1 amide bonds. The van der Waals surface area contributed by atoms with Crippen LogP contribution in [-0.4, -0.2) is 37.3 Å². The van der Waals surface area contributed by atoms with E-state index in [1.165, 1.54) is 11.3 Å². The number of H-pyrrole nitrogens is 1. The first-order valence-electron chi connectivity index (χ1n) is 7.50. The Hall–Kier alpha value is -2.54. The van der Waals surface area contributed by atoms with Gasteiger partial charge >= 0.3 is 0 Å². The summed E-state index contributed by atoms with van der Waals surface area (Å²) in [5, 5.41) is 1.93. The normalized spacial score (nSPS) is 17.6. The highest BCUT2D eigenvalue weighted by Gasteiger charge is 2.34. The third kappa shape index (κ3) is 2.53. The number of rotatable bonds is 3. The Morgan fingerprint density at radius 1 is 1.26 bits per heavy atom. The van der Waals surface area contributed by atoms with Crippen LogP contribution in [0.2, 0.25) is 0 Å². The zero-order valence-corrected chi connectivity index (χ0v) is 13.2. The second-order valence-corrected chi connectivity index (χ2v) is 6.31. The number of thiophene rings is 1. The summed E-state index contributed by atoms with van der Waals surface area (Å²) in [5.74, 6) is 0.752. The molecule has 0 unspecified atom stereocenters. The van der Waals surface area contributed by atoms with E-state index in [-0.39, 0.29) is 11.9 Å². The summed E-state index contributed by atoms with van der Waals surface area (Å²) in [6.07, 6.45) is 8.64. The largest absolute Gasteiger partial charge is 0.343 e. The van der Waals surface area contributed by atoms with Crippen molar-refractivity contribution in [3.8, 4) is 11.5 Å². The average Bonchev–Trinajstić information content (AvgIpc) is 3.36. The summed E-state index contributed by atoms with van der Waals surface area (Å²) in [6, 6.07) is 3.71. The van der Waals surface area contributed by atoms with Crippen molar-refractivity contribution in [3.63, 3.8) is 0 Å². The molecule has 1 aliphatic heterocycles. The number of imidazole rings is 1. The molecule has 0 aromatic carbocycles. The van der Waals surface area contributed by atoms with Crippen LogP contribution >= 0.6 is 11.3 Å². The Kier molecular flexibility index (Phi) is 3.63. The standard InChI is InChI=1S/C16H15N5OS/c22-16(12-4-2-10-23-12)21-9-1-3-11(21)13-14(18-6-5-17-13)15-19-7-8-20-15/h2,4-8,10-11H,1,3,9H2,(H,19,20)/t11-/m0/s1. The van der Waals surface area contributed by atoms with Crippen LogP contribution in [0.1, 0.15) is 34.2 Å². The number of nitrogens with zero attached hydrogens (tertiary/aromatic N) is 4. The molecule has 0 spiro atoms. The quantitative estimate of drug-likeness (QED) is 0.803. The number of carbonyl (C=O) groups excluding carboxylic acids is 1. The summed E-state index contributed by atoms with van der Waals surface area (Å²) in [7, 11) is 0. The monoisotopic (exact) mass is 325 g/mol. The Morgan fingerprint density at radius 3 is 2.96 bits per heavy atom. The van der Waals surface area contributed by atoms with Gasteiger partial charge in [-0.25, -0.2) is 9.97 Å². The van der Waals surface area contributed by atoms with Gasteiger partial charge in [-0.15, -0.1) is 11.3 Å². The predicted molar refractivity (Wildman–Crippen MR) is 86.9 cm³/mol. The SMILES string of the molecule is O=C(c1cccs1)N1CCC[C@H]1c1nccnc1-c1ncc[nH]1. The molecular weight excluding hydrogens is 310 g/mol. The topological polar surface area (TPSA) is 74.8 Å². The van der Waals surface area contributed by atoms with Crippen molar-refractivity contribution >= 4 is 17.2 Å². The molecule has 0 bridgehead atoms. The van der Waals surface area contributed by atoms with Crippen molar-refractivity contribution in [2.75, 3.05) is 6.54 Å². The van der Waals surface area contributed by atoms with Gasteiger partial charge in [0.15, 0.2) is 5.82 Å². The number of hydrogen-bond acceptors (Lipinski definition) is 5. The lowest BCUT2D eigenvalue weighted by atomic mass is 10.1. The number of likely N-dealkylation sites (tertiary alicyclic amines) is 1. The summed E-state index contributed by atoms with van der Waals surface area (Å²) in [6.45, 7) is 0.746. The minimum Gasteiger partial charge on any atom is -0.343 e. The van der Waals surface area contributed by atoms with E-state index < -0.39 is 0 Å². The highest BCUT2D eigenvalue weighted by molar-refractivity contribution is 7.12. The molecule has 23 heavy (non-hydrogen) atoms. The smallest absolute Gasteiger partial charge is 0.264 e. The van der Waals surface area contributed by atoms with Gasteiger partial charge < -0.3 is 9.88 Å². The summed E-state index contributed by atoms with van der Waals surface area (Å²) in [5.41, 5.74) is 1.53. The molecule has 0 saturated carbocycles. The number of amides is 1. The maximum absolute atomic E-state index is 12.8. The van der Waals surface area contributed by atoms with Crippen LogP contribution in [0, 0.1) is 0 Å². The lowest BCUT2D eigenvalue weighted by molar-refractivity contribution is 0.0738. The van der Waals surface area contributed by atoms with E-state index in [9.17, 15) is 4.79 Å². The van der Waals surface area contributed by atoms with Crippen LogP contribution < -0.4 is 0 Å². The molecule has 1 saturated heterocycles. The van der Waals surface area contributed by atoms with Gasteiger partial charge in [0.1, 0.15) is 5.69 Å². The van der Waals surface area contributed by atoms with Crippen molar-refractivity contribution in [3.05, 3.63) is 52.9 Å². The molecule has 0 aliphatic carbocycles. The first-order chi connectivity index (χ1) is 11.3. The highest BCUT2D eigenvalue weighted by atomic mass is 32.1. The van der Waals surface area contributed by atoms with Crippen LogP contribution in [0.5, 0.6) is 0 Å². The first-order valence-corrected chi connectivity index (χ1v) is 8.37. The van der Waals surface area contributed by atoms with Crippen molar-refractivity contribution < 1.29 is 4.79 Å². The number of hydrogen-bond donors (Lipinski definition) is 1. The maximum atomic E-state index is 12.8. The average molecular weight is 325 g/mol. The van der Waals surface area contributed by atoms with E-state index >= 15 is 0 Å². The Labute approximate surface area is 137 Å². The highest BCUT2D eigenvalue weighted by Crippen LogP contribution is 2.35. The maximum Gasteiger partial charge on any atom is 0.264 e. The predicted octanol–water partition coefficient (Wildman–Crippen LogP) is 2.91. The van der Waals surface area contributed by atoms with Crippen molar-refractivity contribution in [2.45, 2.75) is 18.9 Å². The van der Waals surface area contributed by atoms with E-state index in [4.69, 9.17) is 0 Å². The van der Waals surface area contributed by atoms with Gasteiger partial charge in [0.05, 0.1) is 16.6 Å². The van der Waals surface area contributed by atoms with E-state index in [0.717, 1.165) is 30.0 Å². The zero-order valence-electron chi connectivity index (χ0n) is 12.3. The van der Waals surface area contributed by atoms with Crippen molar-refractivity contribution in [1.82, 2.24) is 24.8 Å². The molecule has 1 fully saturated rings. The lowest BCUT2D eigenvalue weighted by Gasteiger charge is -2.24. The van der Waals surface area contributed by atoms with Crippen LogP contribution in [0.4, 0.5) is 0 Å². The van der Waals surface area contributed by atoms with Gasteiger partial charge in [-0.05, 0) is 24.3 Å². The molecule has 4 heterocycles. The molecule has 6 nitrogen and oxygen atoms in total.